The van der Waals surface area contributed by atoms with E-state index in [2.05, 4.69) is 10.4 Å². The fraction of sp³-hybridized carbons (Fsp3) is 0.400. The summed E-state index contributed by atoms with van der Waals surface area (Å²) in [7, 11) is 3.62. The van der Waals surface area contributed by atoms with E-state index in [0.29, 0.717) is 10.9 Å². The minimum atomic E-state index is -0.328. The number of hydrogen-bond acceptors (Lipinski definition) is 3. The van der Waals surface area contributed by atoms with Gasteiger partial charge in [-0.3, -0.25) is 4.68 Å². The molecule has 1 aromatic carbocycles. The van der Waals surface area contributed by atoms with Crippen molar-refractivity contribution in [2.45, 2.75) is 26.5 Å². The summed E-state index contributed by atoms with van der Waals surface area (Å²) in [6, 6.07) is 4.61. The van der Waals surface area contributed by atoms with Crippen molar-refractivity contribution in [1.82, 2.24) is 15.1 Å². The van der Waals surface area contributed by atoms with Gasteiger partial charge < -0.3 is 10.1 Å². The Kier molecular flexibility index (Phi) is 4.85. The Balaban J connectivity index is 2.25. The standard InChI is InChI=1S/C15H19ClFN3O/c1-9(18-3)12-6-5-11(17)7-14(12)21-8-13-10(2)19-20(4)15(13)16/h5-7,9,18H,8H2,1-4H3. The van der Waals surface area contributed by atoms with E-state index in [0.717, 1.165) is 16.8 Å². The number of ether oxygens (including phenoxy) is 1. The molecule has 1 heterocycles. The summed E-state index contributed by atoms with van der Waals surface area (Å²) in [6.07, 6.45) is 0. The zero-order chi connectivity index (χ0) is 15.6. The Hall–Kier alpha value is -1.59. The molecule has 21 heavy (non-hydrogen) atoms. The largest absolute Gasteiger partial charge is 0.488 e. The second kappa shape index (κ2) is 6.45. The maximum Gasteiger partial charge on any atom is 0.133 e. The summed E-state index contributed by atoms with van der Waals surface area (Å²) in [4.78, 5) is 0. The highest BCUT2D eigenvalue weighted by molar-refractivity contribution is 6.30. The Morgan fingerprint density at radius 2 is 2.19 bits per heavy atom. The molecule has 0 spiro atoms. The molecule has 0 radical (unpaired) electrons. The van der Waals surface area contributed by atoms with Crippen LogP contribution in [0.2, 0.25) is 5.15 Å². The average molecular weight is 312 g/mol. The molecule has 6 heteroatoms. The van der Waals surface area contributed by atoms with Crippen molar-refractivity contribution in [1.29, 1.82) is 0 Å². The molecule has 0 bridgehead atoms. The SMILES string of the molecule is CNC(C)c1ccc(F)cc1OCc1c(C)nn(C)c1Cl. The summed E-state index contributed by atoms with van der Waals surface area (Å²) >= 11 is 6.18. The number of aryl methyl sites for hydroxylation is 2. The smallest absolute Gasteiger partial charge is 0.133 e. The van der Waals surface area contributed by atoms with Crippen LogP contribution in [0.5, 0.6) is 5.75 Å². The van der Waals surface area contributed by atoms with Gasteiger partial charge in [0.05, 0.1) is 5.69 Å². The zero-order valence-corrected chi connectivity index (χ0v) is 13.3. The molecule has 0 aliphatic heterocycles. The molecule has 0 fully saturated rings. The molecule has 114 valence electrons. The summed E-state index contributed by atoms with van der Waals surface area (Å²) in [5, 5.41) is 7.89. The van der Waals surface area contributed by atoms with Gasteiger partial charge in [-0.15, -0.1) is 0 Å². The lowest BCUT2D eigenvalue weighted by molar-refractivity contribution is 0.298. The molecule has 0 aliphatic carbocycles. The van der Waals surface area contributed by atoms with Gasteiger partial charge in [0.2, 0.25) is 0 Å². The Bertz CT molecular complexity index is 642. The molecule has 0 amide bonds. The minimum Gasteiger partial charge on any atom is -0.488 e. The van der Waals surface area contributed by atoms with Crippen LogP contribution in [0.3, 0.4) is 0 Å². The van der Waals surface area contributed by atoms with Gasteiger partial charge in [0, 0.05) is 30.3 Å². The molecule has 0 aliphatic rings. The van der Waals surface area contributed by atoms with Gasteiger partial charge >= 0.3 is 0 Å². The van der Waals surface area contributed by atoms with Gasteiger partial charge in [-0.2, -0.15) is 5.10 Å². The first-order chi connectivity index (χ1) is 9.93. The van der Waals surface area contributed by atoms with Crippen molar-refractivity contribution in [3.05, 3.63) is 46.0 Å². The predicted octanol–water partition coefficient (Wildman–Crippen LogP) is 3.38. The van der Waals surface area contributed by atoms with E-state index in [1.54, 1.807) is 17.8 Å². The number of hydrogen-bond donors (Lipinski definition) is 1. The van der Waals surface area contributed by atoms with Crippen molar-refractivity contribution in [2.24, 2.45) is 7.05 Å². The van der Waals surface area contributed by atoms with Crippen LogP contribution < -0.4 is 10.1 Å². The number of benzene rings is 1. The number of nitrogens with one attached hydrogen (secondary N) is 1. The van der Waals surface area contributed by atoms with E-state index in [9.17, 15) is 4.39 Å². The molecule has 1 N–H and O–H groups in total. The van der Waals surface area contributed by atoms with Crippen LogP contribution in [-0.4, -0.2) is 16.8 Å². The van der Waals surface area contributed by atoms with E-state index in [1.165, 1.54) is 12.1 Å². The van der Waals surface area contributed by atoms with Crippen LogP contribution in [0, 0.1) is 12.7 Å². The lowest BCUT2D eigenvalue weighted by Gasteiger charge is -2.16. The third-order valence-electron chi connectivity index (χ3n) is 3.52. The molecular weight excluding hydrogens is 293 g/mol. The van der Waals surface area contributed by atoms with Crippen LogP contribution in [-0.2, 0) is 13.7 Å². The maximum atomic E-state index is 13.5. The van der Waals surface area contributed by atoms with Crippen LogP contribution in [0.1, 0.15) is 29.8 Å². The number of rotatable bonds is 5. The number of halogens is 2. The van der Waals surface area contributed by atoms with Crippen molar-refractivity contribution in [2.75, 3.05) is 7.05 Å². The van der Waals surface area contributed by atoms with E-state index in [-0.39, 0.29) is 18.5 Å². The Morgan fingerprint density at radius 3 is 2.76 bits per heavy atom. The second-order valence-corrected chi connectivity index (χ2v) is 5.32. The first kappa shape index (κ1) is 15.8. The average Bonchev–Trinajstić information content (AvgIpc) is 2.69. The fourth-order valence-electron chi connectivity index (χ4n) is 2.13. The first-order valence-corrected chi connectivity index (χ1v) is 7.09. The van der Waals surface area contributed by atoms with Gasteiger partial charge in [0.1, 0.15) is 23.3 Å². The van der Waals surface area contributed by atoms with E-state index >= 15 is 0 Å². The van der Waals surface area contributed by atoms with Gasteiger partial charge in [0.25, 0.3) is 0 Å². The van der Waals surface area contributed by atoms with E-state index in [1.807, 2.05) is 20.9 Å². The third-order valence-corrected chi connectivity index (χ3v) is 3.99. The van der Waals surface area contributed by atoms with Crippen molar-refractivity contribution in [3.63, 3.8) is 0 Å². The molecule has 4 nitrogen and oxygen atoms in total. The predicted molar refractivity (Wildman–Crippen MR) is 81.2 cm³/mol. The molecule has 0 saturated carbocycles. The lowest BCUT2D eigenvalue weighted by Crippen LogP contribution is -2.14. The monoisotopic (exact) mass is 311 g/mol. The third kappa shape index (κ3) is 3.36. The second-order valence-electron chi connectivity index (χ2n) is 4.96. The Morgan fingerprint density at radius 1 is 1.48 bits per heavy atom. The number of aromatic nitrogens is 2. The molecule has 2 rings (SSSR count). The topological polar surface area (TPSA) is 39.1 Å². The quantitative estimate of drug-likeness (QED) is 0.920. The lowest BCUT2D eigenvalue weighted by atomic mass is 10.1. The summed E-state index contributed by atoms with van der Waals surface area (Å²) in [5.41, 5.74) is 2.52. The molecular formula is C15H19ClFN3O. The molecule has 1 aromatic heterocycles. The van der Waals surface area contributed by atoms with Crippen molar-refractivity contribution < 1.29 is 9.13 Å². The van der Waals surface area contributed by atoms with E-state index < -0.39 is 0 Å². The van der Waals surface area contributed by atoms with Crippen LogP contribution in [0.4, 0.5) is 4.39 Å². The fourth-order valence-corrected chi connectivity index (χ4v) is 2.36. The summed E-state index contributed by atoms with van der Waals surface area (Å²) < 4.78 is 20.8. The molecule has 1 unspecified atom stereocenters. The van der Waals surface area contributed by atoms with E-state index in [4.69, 9.17) is 16.3 Å². The minimum absolute atomic E-state index is 0.0612. The van der Waals surface area contributed by atoms with Gasteiger partial charge in [-0.1, -0.05) is 17.7 Å². The summed E-state index contributed by atoms with van der Waals surface area (Å²) in [5.74, 6) is 0.183. The van der Waals surface area contributed by atoms with Gasteiger partial charge in [0.15, 0.2) is 0 Å². The highest BCUT2D eigenvalue weighted by Crippen LogP contribution is 2.28. The van der Waals surface area contributed by atoms with Crippen LogP contribution >= 0.6 is 11.6 Å². The molecule has 0 saturated heterocycles. The molecule has 2 aromatic rings. The van der Waals surface area contributed by atoms with Crippen molar-refractivity contribution >= 4 is 11.6 Å². The van der Waals surface area contributed by atoms with Crippen LogP contribution in [0.25, 0.3) is 0 Å². The summed E-state index contributed by atoms with van der Waals surface area (Å²) in [6.45, 7) is 4.11. The highest BCUT2D eigenvalue weighted by atomic mass is 35.5. The highest BCUT2D eigenvalue weighted by Gasteiger charge is 2.15. The molecule has 1 atom stereocenters. The van der Waals surface area contributed by atoms with Crippen molar-refractivity contribution in [3.8, 4) is 5.75 Å². The Labute approximate surface area is 128 Å². The van der Waals surface area contributed by atoms with Crippen LogP contribution in [0.15, 0.2) is 18.2 Å². The van der Waals surface area contributed by atoms with Gasteiger partial charge in [-0.05, 0) is 27.0 Å². The maximum absolute atomic E-state index is 13.5. The normalized spacial score (nSPS) is 12.5. The number of nitrogens with zero attached hydrogens (tertiary/aromatic N) is 2. The first-order valence-electron chi connectivity index (χ1n) is 6.71. The zero-order valence-electron chi connectivity index (χ0n) is 12.6. The van der Waals surface area contributed by atoms with Gasteiger partial charge in [-0.25, -0.2) is 4.39 Å².